The molecule has 3 aromatic carbocycles. The first kappa shape index (κ1) is 31.8. The number of ether oxygens (including phenoxy) is 1. The third-order valence-electron chi connectivity index (χ3n) is 8.24. The molecule has 3 aromatic rings. The summed E-state index contributed by atoms with van der Waals surface area (Å²) in [6.07, 6.45) is 2.67. The lowest BCUT2D eigenvalue weighted by molar-refractivity contribution is 0.0696. The Labute approximate surface area is 256 Å². The summed E-state index contributed by atoms with van der Waals surface area (Å²) in [4.78, 5) is 13.7. The van der Waals surface area contributed by atoms with Gasteiger partial charge in [0, 0.05) is 28.5 Å². The number of nitrogens with zero attached hydrogens (tertiary/aromatic N) is 2. The van der Waals surface area contributed by atoms with E-state index in [-0.39, 0.29) is 22.8 Å². The lowest BCUT2D eigenvalue weighted by Gasteiger charge is -2.43. The quantitative estimate of drug-likeness (QED) is 0.264. The molecule has 0 saturated carbocycles. The van der Waals surface area contributed by atoms with Gasteiger partial charge in [-0.1, -0.05) is 45.9 Å². The number of aryl methyl sites for hydroxylation is 2. The van der Waals surface area contributed by atoms with Gasteiger partial charge in [0.15, 0.2) is 0 Å². The number of halogens is 2. The van der Waals surface area contributed by atoms with Crippen LogP contribution in [-0.4, -0.2) is 18.2 Å². The number of hydrogen-bond donors (Lipinski definition) is 1. The number of carboxylic acids is 1. The maximum absolute atomic E-state index is 15.3. The molecule has 1 N–H and O–H groups in total. The van der Waals surface area contributed by atoms with E-state index in [0.717, 1.165) is 39.2 Å². The van der Waals surface area contributed by atoms with Crippen LogP contribution in [0.3, 0.4) is 0 Å². The Hall–Kier alpha value is -4.09. The number of hydrogen-bond acceptors (Lipinski definition) is 5. The number of nitriles is 1. The van der Waals surface area contributed by atoms with Crippen LogP contribution < -0.4 is 9.64 Å². The summed E-state index contributed by atoms with van der Waals surface area (Å²) >= 11 is 1.49. The first-order chi connectivity index (χ1) is 20.3. The maximum Gasteiger partial charge on any atom is 0.335 e. The molecular weight excluding hydrogens is 566 g/mol. The van der Waals surface area contributed by atoms with E-state index in [0.29, 0.717) is 23.3 Å². The van der Waals surface area contributed by atoms with E-state index in [1.165, 1.54) is 17.8 Å². The van der Waals surface area contributed by atoms with Crippen LogP contribution in [0.2, 0.25) is 0 Å². The molecule has 0 amide bonds. The topological polar surface area (TPSA) is 73.6 Å². The molecule has 224 valence electrons. The normalized spacial score (nSPS) is 15.3. The zero-order valence-electron chi connectivity index (χ0n) is 25.5. The van der Waals surface area contributed by atoms with E-state index in [9.17, 15) is 19.6 Å². The van der Waals surface area contributed by atoms with E-state index >= 15 is 4.39 Å². The Bertz CT molecular complexity index is 1690. The van der Waals surface area contributed by atoms with Crippen LogP contribution in [0.1, 0.15) is 72.8 Å². The first-order valence-electron chi connectivity index (χ1n) is 14.1. The van der Waals surface area contributed by atoms with Crippen molar-refractivity contribution < 1.29 is 23.4 Å². The predicted octanol–water partition coefficient (Wildman–Crippen LogP) is 8.90. The van der Waals surface area contributed by atoms with Crippen molar-refractivity contribution in [2.24, 2.45) is 5.92 Å². The molecule has 1 aliphatic rings. The van der Waals surface area contributed by atoms with Crippen LogP contribution in [0.5, 0.6) is 5.75 Å². The minimum atomic E-state index is -1.16. The van der Waals surface area contributed by atoms with Crippen LogP contribution in [0.15, 0.2) is 70.9 Å². The van der Waals surface area contributed by atoms with Gasteiger partial charge in [0.2, 0.25) is 0 Å². The Kier molecular flexibility index (Phi) is 9.36. The van der Waals surface area contributed by atoms with E-state index < -0.39 is 23.0 Å². The van der Waals surface area contributed by atoms with Crippen LogP contribution in [0.4, 0.5) is 14.5 Å². The molecule has 0 radical (unpaired) electrons. The third-order valence-corrected chi connectivity index (χ3v) is 9.45. The highest BCUT2D eigenvalue weighted by atomic mass is 32.2. The minimum Gasteiger partial charge on any atom is -0.496 e. The number of methoxy groups -OCH3 is 1. The van der Waals surface area contributed by atoms with Crippen LogP contribution in [0, 0.1) is 35.8 Å². The van der Waals surface area contributed by atoms with Gasteiger partial charge in [-0.05, 0) is 78.8 Å². The summed E-state index contributed by atoms with van der Waals surface area (Å²) in [5.41, 5.74) is 4.97. The number of anilines is 1. The van der Waals surface area contributed by atoms with Crippen molar-refractivity contribution in [2.75, 3.05) is 12.0 Å². The molecule has 5 nitrogen and oxygen atoms in total. The standard InChI is InChI=1S/C35H36F2N2O3S/c1-8-23-14-24(34(40)41)16-30(37)28(23)19-43-33-22(4)21(3)13-32(39(33)27-11-9-20(2)31(17-27)42-7)35(5,6)26-10-12-29(36)25(15-26)18-38/h9-17,21H,8,19H2,1-7H3,(H,40,41). The molecular formula is C35H36F2N2O3S. The van der Waals surface area contributed by atoms with Gasteiger partial charge >= 0.3 is 5.97 Å². The fourth-order valence-electron chi connectivity index (χ4n) is 5.37. The number of benzene rings is 3. The van der Waals surface area contributed by atoms with Gasteiger partial charge < -0.3 is 14.7 Å². The molecule has 0 bridgehead atoms. The fourth-order valence-corrected chi connectivity index (χ4v) is 6.72. The summed E-state index contributed by atoms with van der Waals surface area (Å²) in [7, 11) is 1.62. The van der Waals surface area contributed by atoms with Gasteiger partial charge in [0.1, 0.15) is 23.5 Å². The fraction of sp³-hybridized carbons (Fsp3) is 0.314. The molecule has 0 aromatic heterocycles. The van der Waals surface area contributed by atoms with Gasteiger partial charge in [0.25, 0.3) is 0 Å². The highest BCUT2D eigenvalue weighted by Gasteiger charge is 2.37. The van der Waals surface area contributed by atoms with Gasteiger partial charge in [-0.2, -0.15) is 5.26 Å². The molecule has 4 rings (SSSR count). The van der Waals surface area contributed by atoms with E-state index in [2.05, 4.69) is 24.8 Å². The summed E-state index contributed by atoms with van der Waals surface area (Å²) in [6, 6.07) is 15.2. The summed E-state index contributed by atoms with van der Waals surface area (Å²) in [5.74, 6) is -1.24. The second-order valence-electron chi connectivity index (χ2n) is 11.3. The molecule has 1 aliphatic heterocycles. The summed E-state index contributed by atoms with van der Waals surface area (Å²) in [6.45, 7) is 12.1. The number of carboxylic acid groups (broad SMARTS) is 1. The molecule has 1 unspecified atom stereocenters. The van der Waals surface area contributed by atoms with Crippen molar-refractivity contribution in [3.8, 4) is 11.8 Å². The second-order valence-corrected chi connectivity index (χ2v) is 12.3. The van der Waals surface area contributed by atoms with Crippen molar-refractivity contribution in [1.29, 1.82) is 5.26 Å². The molecule has 43 heavy (non-hydrogen) atoms. The molecule has 8 heteroatoms. The van der Waals surface area contributed by atoms with Gasteiger partial charge in [-0.15, -0.1) is 11.8 Å². The average Bonchev–Trinajstić information content (AvgIpc) is 2.98. The molecule has 1 heterocycles. The van der Waals surface area contributed by atoms with Gasteiger partial charge in [0.05, 0.1) is 29.0 Å². The van der Waals surface area contributed by atoms with Gasteiger partial charge in [-0.3, -0.25) is 0 Å². The molecule has 0 fully saturated rings. The highest BCUT2D eigenvalue weighted by molar-refractivity contribution is 8.02. The SMILES string of the molecule is CCc1cc(C(=O)O)cc(F)c1CSC1=C(C)C(C)C=C(C(C)(C)c2ccc(F)c(C#N)c2)N1c1ccc(C)c(OC)c1. The highest BCUT2D eigenvalue weighted by Crippen LogP contribution is 2.48. The predicted molar refractivity (Wildman–Crippen MR) is 168 cm³/mol. The Morgan fingerprint density at radius 1 is 1.12 bits per heavy atom. The number of carbonyl (C=O) groups is 1. The number of thioether (sulfide) groups is 1. The zero-order chi connectivity index (χ0) is 31.6. The van der Waals surface area contributed by atoms with E-state index in [1.54, 1.807) is 25.3 Å². The molecule has 0 saturated heterocycles. The van der Waals surface area contributed by atoms with Crippen molar-refractivity contribution in [2.45, 2.75) is 59.1 Å². The van der Waals surface area contributed by atoms with Crippen molar-refractivity contribution in [1.82, 2.24) is 0 Å². The Balaban J connectivity index is 1.87. The molecule has 1 atom stereocenters. The summed E-state index contributed by atoms with van der Waals surface area (Å²) < 4.78 is 35.3. The molecule has 0 aliphatic carbocycles. The van der Waals surface area contributed by atoms with E-state index in [4.69, 9.17) is 4.74 Å². The summed E-state index contributed by atoms with van der Waals surface area (Å²) in [5, 5.41) is 19.9. The zero-order valence-corrected chi connectivity index (χ0v) is 26.3. The largest absolute Gasteiger partial charge is 0.496 e. The van der Waals surface area contributed by atoms with Crippen LogP contribution >= 0.6 is 11.8 Å². The monoisotopic (exact) mass is 602 g/mol. The average molecular weight is 603 g/mol. The van der Waals surface area contributed by atoms with E-state index in [1.807, 2.05) is 52.0 Å². The Morgan fingerprint density at radius 3 is 2.47 bits per heavy atom. The van der Waals surface area contributed by atoms with Crippen molar-refractivity contribution in [3.63, 3.8) is 0 Å². The van der Waals surface area contributed by atoms with Crippen molar-refractivity contribution in [3.05, 3.63) is 116 Å². The van der Waals surface area contributed by atoms with Gasteiger partial charge in [-0.25, -0.2) is 13.6 Å². The van der Waals surface area contributed by atoms with Crippen molar-refractivity contribution >= 4 is 23.4 Å². The Morgan fingerprint density at radius 2 is 1.84 bits per heavy atom. The van der Waals surface area contributed by atoms with Crippen LogP contribution in [-0.2, 0) is 17.6 Å². The molecule has 0 spiro atoms. The lowest BCUT2D eigenvalue weighted by atomic mass is 9.77. The number of aromatic carboxylic acids is 1. The number of allylic oxidation sites excluding steroid dienone is 3. The lowest BCUT2D eigenvalue weighted by Crippen LogP contribution is -2.37. The first-order valence-corrected chi connectivity index (χ1v) is 15.1. The van der Waals surface area contributed by atoms with Crippen LogP contribution in [0.25, 0.3) is 0 Å². The number of rotatable bonds is 9. The maximum atomic E-state index is 15.3. The second kappa shape index (κ2) is 12.6. The smallest absolute Gasteiger partial charge is 0.335 e. The third kappa shape index (κ3) is 6.18. The minimum absolute atomic E-state index is 0.0210.